The van der Waals surface area contributed by atoms with E-state index in [0.29, 0.717) is 17.7 Å². The monoisotopic (exact) mass is 259 g/mol. The van der Waals surface area contributed by atoms with E-state index in [1.165, 1.54) is 0 Å². The van der Waals surface area contributed by atoms with Gasteiger partial charge in [-0.3, -0.25) is 0 Å². The third-order valence-electron chi connectivity index (χ3n) is 3.00. The Kier molecular flexibility index (Phi) is 4.12. The summed E-state index contributed by atoms with van der Waals surface area (Å²) < 4.78 is 15.2. The first-order valence-corrected chi connectivity index (χ1v) is 6.22. The molecule has 1 aromatic carbocycles. The Morgan fingerprint density at radius 2 is 1.89 bits per heavy atom. The minimum Gasteiger partial charge on any atom is -0.309 e. The van der Waals surface area contributed by atoms with Crippen LogP contribution in [-0.2, 0) is 13.1 Å². The molecule has 0 bridgehead atoms. The Balaban J connectivity index is 1.94. The van der Waals surface area contributed by atoms with Crippen molar-refractivity contribution in [3.63, 3.8) is 0 Å². The summed E-state index contributed by atoms with van der Waals surface area (Å²) in [6.07, 6.45) is 5.37. The van der Waals surface area contributed by atoms with Crippen LogP contribution in [0.15, 0.2) is 31.1 Å². The Labute approximate surface area is 112 Å². The van der Waals surface area contributed by atoms with E-state index in [-0.39, 0.29) is 5.82 Å². The van der Waals surface area contributed by atoms with Crippen molar-refractivity contribution in [2.75, 3.05) is 0 Å². The van der Waals surface area contributed by atoms with E-state index in [1.807, 2.05) is 18.3 Å². The Hall–Kier alpha value is -1.94. The smallest absolute Gasteiger partial charge is 0.129 e. The highest BCUT2D eigenvalue weighted by atomic mass is 19.1. The van der Waals surface area contributed by atoms with E-state index < -0.39 is 0 Å². The predicted molar refractivity (Wildman–Crippen MR) is 75.0 cm³/mol. The molecule has 0 saturated carbocycles. The summed E-state index contributed by atoms with van der Waals surface area (Å²) in [5.74, 6) is -0.115. The second kappa shape index (κ2) is 5.80. The van der Waals surface area contributed by atoms with Gasteiger partial charge in [0.15, 0.2) is 0 Å². The van der Waals surface area contributed by atoms with E-state index >= 15 is 0 Å². The molecule has 0 aliphatic heterocycles. The minimum atomic E-state index is -0.115. The summed E-state index contributed by atoms with van der Waals surface area (Å²) in [7, 11) is 0. The lowest BCUT2D eigenvalue weighted by Gasteiger charge is -2.07. The molecule has 1 aromatic heterocycles. The zero-order valence-electron chi connectivity index (χ0n) is 11.3. The van der Waals surface area contributed by atoms with Crippen LogP contribution in [0.5, 0.6) is 0 Å². The average molecular weight is 259 g/mol. The van der Waals surface area contributed by atoms with Crippen molar-refractivity contribution in [3.05, 3.63) is 59.2 Å². The number of hydrogen-bond acceptors (Lipinski definition) is 2. The number of aromatic nitrogens is 2. The highest BCUT2D eigenvalue weighted by molar-refractivity contribution is 5.30. The molecule has 0 unspecified atom stereocenters. The van der Waals surface area contributed by atoms with Crippen molar-refractivity contribution in [2.45, 2.75) is 26.9 Å². The Morgan fingerprint density at radius 3 is 2.47 bits per heavy atom. The number of halogens is 1. The van der Waals surface area contributed by atoms with E-state index in [4.69, 9.17) is 0 Å². The predicted octanol–water partition coefficient (Wildman–Crippen LogP) is 3.03. The molecule has 3 nitrogen and oxygen atoms in total. The zero-order valence-corrected chi connectivity index (χ0v) is 11.3. The number of aryl methyl sites for hydroxylation is 2. The summed E-state index contributed by atoms with van der Waals surface area (Å²) in [6.45, 7) is 8.66. The van der Waals surface area contributed by atoms with E-state index in [9.17, 15) is 4.39 Å². The number of nitrogens with zero attached hydrogens (tertiary/aromatic N) is 2. The maximum absolute atomic E-state index is 13.5. The number of hydrogen-bond donors (Lipinski definition) is 1. The molecule has 2 rings (SSSR count). The highest BCUT2D eigenvalue weighted by Gasteiger charge is 2.04. The van der Waals surface area contributed by atoms with Crippen molar-refractivity contribution in [1.29, 1.82) is 0 Å². The molecule has 0 spiro atoms. The van der Waals surface area contributed by atoms with Crippen LogP contribution in [0.2, 0.25) is 0 Å². The molecule has 1 N–H and O–H groups in total. The summed E-state index contributed by atoms with van der Waals surface area (Å²) in [5.41, 5.74) is 3.57. The summed E-state index contributed by atoms with van der Waals surface area (Å²) in [4.78, 5) is 0. The van der Waals surface area contributed by atoms with Crippen molar-refractivity contribution in [3.8, 4) is 0 Å². The van der Waals surface area contributed by atoms with Crippen molar-refractivity contribution >= 4 is 6.20 Å². The zero-order chi connectivity index (χ0) is 13.8. The Bertz CT molecular complexity index is 564. The lowest BCUT2D eigenvalue weighted by atomic mass is 10.1. The minimum absolute atomic E-state index is 0.115. The van der Waals surface area contributed by atoms with Crippen LogP contribution in [0.3, 0.4) is 0 Å². The second-order valence-corrected chi connectivity index (χ2v) is 4.66. The van der Waals surface area contributed by atoms with Gasteiger partial charge in [0.25, 0.3) is 0 Å². The van der Waals surface area contributed by atoms with Crippen LogP contribution < -0.4 is 5.32 Å². The SMILES string of the molecule is C=Cn1cc(CNCc2cc(C)c(F)c(C)c2)cn1. The maximum Gasteiger partial charge on any atom is 0.129 e. The van der Waals surface area contributed by atoms with E-state index in [2.05, 4.69) is 17.0 Å². The summed E-state index contributed by atoms with van der Waals surface area (Å²) >= 11 is 0. The van der Waals surface area contributed by atoms with Crippen molar-refractivity contribution < 1.29 is 4.39 Å². The highest BCUT2D eigenvalue weighted by Crippen LogP contribution is 2.14. The first-order chi connectivity index (χ1) is 9.10. The molecule has 0 amide bonds. The Morgan fingerprint density at radius 1 is 1.26 bits per heavy atom. The standard InChI is InChI=1S/C15H18FN3/c1-4-19-10-14(9-18-19)8-17-7-13-5-11(2)15(16)12(3)6-13/h4-6,9-10,17H,1,7-8H2,2-3H3. The van der Waals surface area contributed by atoms with Gasteiger partial charge in [0.05, 0.1) is 6.20 Å². The van der Waals surface area contributed by atoms with Gasteiger partial charge in [-0.15, -0.1) is 0 Å². The first kappa shape index (κ1) is 13.5. The van der Waals surface area contributed by atoms with Crippen LogP contribution in [0.4, 0.5) is 4.39 Å². The molecule has 1 heterocycles. The van der Waals surface area contributed by atoms with E-state index in [1.54, 1.807) is 30.9 Å². The fourth-order valence-corrected chi connectivity index (χ4v) is 2.06. The van der Waals surface area contributed by atoms with Crippen LogP contribution in [-0.4, -0.2) is 9.78 Å². The number of rotatable bonds is 5. The van der Waals surface area contributed by atoms with Gasteiger partial charge in [0.2, 0.25) is 0 Å². The normalized spacial score (nSPS) is 10.7. The van der Waals surface area contributed by atoms with Gasteiger partial charge in [-0.1, -0.05) is 18.7 Å². The molecule has 0 aliphatic rings. The lowest BCUT2D eigenvalue weighted by molar-refractivity contribution is 0.606. The molecule has 2 aromatic rings. The number of benzene rings is 1. The molecular weight excluding hydrogens is 241 g/mol. The topological polar surface area (TPSA) is 29.9 Å². The summed E-state index contributed by atoms with van der Waals surface area (Å²) in [6, 6.07) is 3.75. The summed E-state index contributed by atoms with van der Waals surface area (Å²) in [5, 5.41) is 7.43. The number of nitrogens with one attached hydrogen (secondary N) is 1. The molecule has 0 atom stereocenters. The largest absolute Gasteiger partial charge is 0.309 e. The first-order valence-electron chi connectivity index (χ1n) is 6.22. The third-order valence-corrected chi connectivity index (χ3v) is 3.00. The van der Waals surface area contributed by atoms with Crippen molar-refractivity contribution in [2.24, 2.45) is 0 Å². The van der Waals surface area contributed by atoms with Crippen LogP contribution >= 0.6 is 0 Å². The molecule has 4 heteroatoms. The van der Waals surface area contributed by atoms with Gasteiger partial charge in [-0.05, 0) is 30.5 Å². The lowest BCUT2D eigenvalue weighted by Crippen LogP contribution is -2.12. The second-order valence-electron chi connectivity index (χ2n) is 4.66. The van der Waals surface area contributed by atoms with Crippen LogP contribution in [0.25, 0.3) is 6.20 Å². The van der Waals surface area contributed by atoms with Gasteiger partial charge >= 0.3 is 0 Å². The van der Waals surface area contributed by atoms with E-state index in [0.717, 1.165) is 17.7 Å². The maximum atomic E-state index is 13.5. The van der Waals surface area contributed by atoms with Gasteiger partial charge < -0.3 is 5.32 Å². The molecule has 19 heavy (non-hydrogen) atoms. The van der Waals surface area contributed by atoms with Gasteiger partial charge in [0.1, 0.15) is 5.82 Å². The molecule has 0 fully saturated rings. The quantitative estimate of drug-likeness (QED) is 0.894. The van der Waals surface area contributed by atoms with Gasteiger partial charge in [0, 0.05) is 31.0 Å². The van der Waals surface area contributed by atoms with Crippen LogP contribution in [0, 0.1) is 19.7 Å². The third kappa shape index (κ3) is 3.29. The fourth-order valence-electron chi connectivity index (χ4n) is 2.06. The van der Waals surface area contributed by atoms with Gasteiger partial charge in [-0.2, -0.15) is 5.10 Å². The molecule has 0 aliphatic carbocycles. The van der Waals surface area contributed by atoms with Crippen LogP contribution in [0.1, 0.15) is 22.3 Å². The molecule has 0 radical (unpaired) electrons. The fraction of sp³-hybridized carbons (Fsp3) is 0.267. The molecular formula is C15H18FN3. The van der Waals surface area contributed by atoms with Gasteiger partial charge in [-0.25, -0.2) is 9.07 Å². The molecule has 100 valence electrons. The molecule has 0 saturated heterocycles. The average Bonchev–Trinajstić information content (AvgIpc) is 2.84. The van der Waals surface area contributed by atoms with Crippen molar-refractivity contribution in [1.82, 2.24) is 15.1 Å².